The van der Waals surface area contributed by atoms with Crippen LogP contribution < -0.4 is 0 Å². The Morgan fingerprint density at radius 3 is 2.36 bits per heavy atom. The summed E-state index contributed by atoms with van der Waals surface area (Å²) in [6, 6.07) is 0. The van der Waals surface area contributed by atoms with Crippen LogP contribution in [0.3, 0.4) is 0 Å². The molecule has 84 valence electrons. The van der Waals surface area contributed by atoms with Crippen molar-refractivity contribution < 1.29 is 9.53 Å². The summed E-state index contributed by atoms with van der Waals surface area (Å²) in [6.45, 7) is 6.19. The van der Waals surface area contributed by atoms with Crippen LogP contribution in [0.5, 0.6) is 0 Å². The van der Waals surface area contributed by atoms with Crippen molar-refractivity contribution in [2.24, 2.45) is 0 Å². The third-order valence-electron chi connectivity index (χ3n) is 2.62. The van der Waals surface area contributed by atoms with E-state index in [0.29, 0.717) is 12.2 Å². The first-order chi connectivity index (χ1) is 6.52. The number of carbonyl (C=O) groups is 1. The molecule has 0 bridgehead atoms. The second kappa shape index (κ2) is 6.99. The average Bonchev–Trinajstić information content (AvgIpc) is 2.16. The number of hydrogen-bond acceptors (Lipinski definition) is 2. The van der Waals surface area contributed by atoms with Crippen molar-refractivity contribution >= 4 is 5.78 Å². The molecule has 0 aromatic rings. The molecule has 0 heterocycles. The third kappa shape index (κ3) is 7.07. The molecule has 0 aromatic heterocycles. The van der Waals surface area contributed by atoms with Gasteiger partial charge in [-0.05, 0) is 26.7 Å². The molecule has 2 heteroatoms. The van der Waals surface area contributed by atoms with Gasteiger partial charge < -0.3 is 4.74 Å². The topological polar surface area (TPSA) is 26.3 Å². The molecule has 0 aliphatic heterocycles. The number of ether oxygens (including phenoxy) is 1. The van der Waals surface area contributed by atoms with Crippen molar-refractivity contribution in [3.63, 3.8) is 0 Å². The van der Waals surface area contributed by atoms with Crippen LogP contribution in [0, 0.1) is 0 Å². The maximum Gasteiger partial charge on any atom is 0.133 e. The van der Waals surface area contributed by atoms with Gasteiger partial charge in [0.15, 0.2) is 0 Å². The molecule has 0 saturated heterocycles. The molecule has 0 aliphatic rings. The average molecular weight is 200 g/mol. The number of Topliss-reactive ketones (excluding diaryl/α,β-unsaturated/α-hetero) is 1. The first kappa shape index (κ1) is 13.6. The Labute approximate surface area is 88.0 Å². The van der Waals surface area contributed by atoms with Gasteiger partial charge in [0.25, 0.3) is 0 Å². The fourth-order valence-corrected chi connectivity index (χ4v) is 1.24. The van der Waals surface area contributed by atoms with Crippen LogP contribution in [0.2, 0.25) is 0 Å². The van der Waals surface area contributed by atoms with E-state index in [1.807, 2.05) is 13.8 Å². The summed E-state index contributed by atoms with van der Waals surface area (Å²) < 4.78 is 5.26. The Bertz CT molecular complexity index is 162. The van der Waals surface area contributed by atoms with Crippen LogP contribution in [0.15, 0.2) is 0 Å². The third-order valence-corrected chi connectivity index (χ3v) is 2.62. The molecule has 0 atom stereocenters. The number of ketones is 1. The van der Waals surface area contributed by atoms with E-state index in [-0.39, 0.29) is 5.60 Å². The molecule has 0 amide bonds. The molecule has 0 saturated carbocycles. The van der Waals surface area contributed by atoms with E-state index >= 15 is 0 Å². The van der Waals surface area contributed by atoms with Crippen LogP contribution in [0.25, 0.3) is 0 Å². The number of methoxy groups -OCH3 is 1. The van der Waals surface area contributed by atoms with E-state index in [1.54, 1.807) is 7.11 Å². The highest BCUT2D eigenvalue weighted by molar-refractivity contribution is 5.78. The Balaban J connectivity index is 3.53. The second-order valence-corrected chi connectivity index (χ2v) is 4.46. The zero-order valence-electron chi connectivity index (χ0n) is 10.1. The summed E-state index contributed by atoms with van der Waals surface area (Å²) in [7, 11) is 1.70. The molecular weight excluding hydrogens is 176 g/mol. The molecular formula is C12H24O2. The van der Waals surface area contributed by atoms with E-state index in [2.05, 4.69) is 6.92 Å². The highest BCUT2D eigenvalue weighted by Crippen LogP contribution is 2.16. The lowest BCUT2D eigenvalue weighted by Crippen LogP contribution is -2.23. The van der Waals surface area contributed by atoms with E-state index in [4.69, 9.17) is 4.74 Å². The molecule has 0 fully saturated rings. The predicted octanol–water partition coefficient (Wildman–Crippen LogP) is 3.34. The van der Waals surface area contributed by atoms with Crippen LogP contribution in [0.1, 0.15) is 59.3 Å². The van der Waals surface area contributed by atoms with Gasteiger partial charge in [-0.3, -0.25) is 4.79 Å². The lowest BCUT2D eigenvalue weighted by atomic mass is 9.98. The summed E-state index contributed by atoms with van der Waals surface area (Å²) >= 11 is 0. The lowest BCUT2D eigenvalue weighted by molar-refractivity contribution is -0.120. The van der Waals surface area contributed by atoms with Crippen molar-refractivity contribution in [1.82, 2.24) is 0 Å². The first-order valence-electron chi connectivity index (χ1n) is 5.58. The van der Waals surface area contributed by atoms with E-state index in [9.17, 15) is 4.79 Å². The normalized spacial score (nSPS) is 11.7. The monoisotopic (exact) mass is 200 g/mol. The molecule has 0 aromatic carbocycles. The minimum atomic E-state index is -0.152. The van der Waals surface area contributed by atoms with Gasteiger partial charge in [-0.15, -0.1) is 0 Å². The predicted molar refractivity (Wildman–Crippen MR) is 59.5 cm³/mol. The quantitative estimate of drug-likeness (QED) is 0.562. The SMILES string of the molecule is CCCCCC(=O)CCC(C)(C)OC. The highest BCUT2D eigenvalue weighted by atomic mass is 16.5. The molecule has 14 heavy (non-hydrogen) atoms. The van der Waals surface area contributed by atoms with E-state index in [1.165, 1.54) is 12.8 Å². The van der Waals surface area contributed by atoms with Gasteiger partial charge >= 0.3 is 0 Å². The van der Waals surface area contributed by atoms with E-state index in [0.717, 1.165) is 19.3 Å². The Kier molecular flexibility index (Phi) is 6.81. The van der Waals surface area contributed by atoms with Crippen LogP contribution in [0.4, 0.5) is 0 Å². The Morgan fingerprint density at radius 1 is 1.21 bits per heavy atom. The molecule has 0 radical (unpaired) electrons. The smallest absolute Gasteiger partial charge is 0.133 e. The Morgan fingerprint density at radius 2 is 1.86 bits per heavy atom. The summed E-state index contributed by atoms with van der Waals surface area (Å²) in [5.74, 6) is 0.378. The van der Waals surface area contributed by atoms with Crippen molar-refractivity contribution in [3.8, 4) is 0 Å². The minimum Gasteiger partial charge on any atom is -0.379 e. The van der Waals surface area contributed by atoms with Gasteiger partial charge in [0.05, 0.1) is 5.60 Å². The van der Waals surface area contributed by atoms with Gasteiger partial charge in [-0.25, -0.2) is 0 Å². The van der Waals surface area contributed by atoms with Gasteiger partial charge in [-0.2, -0.15) is 0 Å². The lowest BCUT2D eigenvalue weighted by Gasteiger charge is -2.22. The molecule has 0 rings (SSSR count). The van der Waals surface area contributed by atoms with Gasteiger partial charge in [-0.1, -0.05) is 19.8 Å². The summed E-state index contributed by atoms with van der Waals surface area (Å²) in [5, 5.41) is 0. The zero-order valence-corrected chi connectivity index (χ0v) is 10.1. The standard InChI is InChI=1S/C12H24O2/c1-5-6-7-8-11(13)9-10-12(2,3)14-4/h5-10H2,1-4H3. The highest BCUT2D eigenvalue weighted by Gasteiger charge is 2.17. The number of hydrogen-bond donors (Lipinski definition) is 0. The molecule has 2 nitrogen and oxygen atoms in total. The fraction of sp³-hybridized carbons (Fsp3) is 0.917. The summed E-state index contributed by atoms with van der Waals surface area (Å²) in [6.07, 6.45) is 5.62. The number of unbranched alkanes of at least 4 members (excludes halogenated alkanes) is 2. The second-order valence-electron chi connectivity index (χ2n) is 4.46. The maximum absolute atomic E-state index is 11.4. The molecule has 0 aliphatic carbocycles. The molecule has 0 N–H and O–H groups in total. The largest absolute Gasteiger partial charge is 0.379 e. The molecule has 0 spiro atoms. The summed E-state index contributed by atoms with van der Waals surface area (Å²) in [5.41, 5.74) is -0.152. The van der Waals surface area contributed by atoms with Crippen LogP contribution in [-0.4, -0.2) is 18.5 Å². The van der Waals surface area contributed by atoms with E-state index < -0.39 is 0 Å². The maximum atomic E-state index is 11.4. The fourth-order valence-electron chi connectivity index (χ4n) is 1.24. The zero-order chi connectivity index (χ0) is 11.0. The number of rotatable bonds is 8. The summed E-state index contributed by atoms with van der Waals surface area (Å²) in [4.78, 5) is 11.4. The van der Waals surface area contributed by atoms with Gasteiger partial charge in [0.1, 0.15) is 5.78 Å². The number of carbonyl (C=O) groups excluding carboxylic acids is 1. The van der Waals surface area contributed by atoms with Gasteiger partial charge in [0, 0.05) is 20.0 Å². The Hall–Kier alpha value is -0.370. The van der Waals surface area contributed by atoms with Crippen LogP contribution in [-0.2, 0) is 9.53 Å². The first-order valence-corrected chi connectivity index (χ1v) is 5.58. The van der Waals surface area contributed by atoms with Crippen molar-refractivity contribution in [3.05, 3.63) is 0 Å². The van der Waals surface area contributed by atoms with Crippen molar-refractivity contribution in [2.75, 3.05) is 7.11 Å². The van der Waals surface area contributed by atoms with Crippen LogP contribution >= 0.6 is 0 Å². The minimum absolute atomic E-state index is 0.152. The van der Waals surface area contributed by atoms with Crippen molar-refractivity contribution in [1.29, 1.82) is 0 Å². The van der Waals surface area contributed by atoms with Gasteiger partial charge in [0.2, 0.25) is 0 Å². The molecule has 0 unspecified atom stereocenters. The van der Waals surface area contributed by atoms with Crippen molar-refractivity contribution in [2.45, 2.75) is 64.9 Å².